The van der Waals surface area contributed by atoms with Gasteiger partial charge in [0.05, 0.1) is 40.2 Å². The lowest BCUT2D eigenvalue weighted by Crippen LogP contribution is -2.42. The van der Waals surface area contributed by atoms with Crippen LogP contribution in [-0.2, 0) is 16.1 Å². The molecule has 0 radical (unpaired) electrons. The standard InChI is InChI=1S/C21H17FN4O2S2/c22-13-6-7-16-14(10-13)25-20(30-16)12-26-15-4-1-2-5-17(15)29-18(21(26)28)11-19(27)24-9-3-8-23/h1-2,4-7,10,18H,3,9,11-12H2,(H,24,27). The molecule has 0 spiro atoms. The van der Waals surface area contributed by atoms with Gasteiger partial charge in [-0.3, -0.25) is 9.59 Å². The number of nitrogens with zero attached hydrogens (tertiary/aromatic N) is 3. The average Bonchev–Trinajstić information content (AvgIpc) is 3.13. The summed E-state index contributed by atoms with van der Waals surface area (Å²) >= 11 is 2.79. The minimum Gasteiger partial charge on any atom is -0.355 e. The third-order valence-corrected chi connectivity index (χ3v) is 6.86. The Bertz CT molecular complexity index is 1160. The van der Waals surface area contributed by atoms with Crippen molar-refractivity contribution in [2.24, 2.45) is 0 Å². The molecule has 4 rings (SSSR count). The molecule has 1 unspecified atom stereocenters. The summed E-state index contributed by atoms with van der Waals surface area (Å²) in [4.78, 5) is 32.5. The van der Waals surface area contributed by atoms with Crippen LogP contribution in [0.2, 0.25) is 0 Å². The Balaban J connectivity index is 1.57. The summed E-state index contributed by atoms with van der Waals surface area (Å²) in [6, 6.07) is 14.0. The van der Waals surface area contributed by atoms with Gasteiger partial charge in [-0.25, -0.2) is 9.37 Å². The number of halogens is 1. The largest absolute Gasteiger partial charge is 0.355 e. The third kappa shape index (κ3) is 4.30. The van der Waals surface area contributed by atoms with Crippen molar-refractivity contribution in [3.05, 3.63) is 53.3 Å². The zero-order valence-electron chi connectivity index (χ0n) is 15.8. The maximum absolute atomic E-state index is 13.5. The van der Waals surface area contributed by atoms with Gasteiger partial charge < -0.3 is 10.2 Å². The van der Waals surface area contributed by atoms with E-state index in [1.165, 1.54) is 35.2 Å². The van der Waals surface area contributed by atoms with Gasteiger partial charge in [0.2, 0.25) is 11.8 Å². The van der Waals surface area contributed by atoms with Crippen LogP contribution in [0.3, 0.4) is 0 Å². The van der Waals surface area contributed by atoms with Crippen LogP contribution in [-0.4, -0.2) is 28.6 Å². The number of para-hydroxylation sites is 1. The number of fused-ring (bicyclic) bond motifs is 2. The number of rotatable bonds is 6. The smallest absolute Gasteiger partial charge is 0.241 e. The lowest BCUT2D eigenvalue weighted by atomic mass is 10.2. The number of thioether (sulfide) groups is 1. The molecule has 0 fully saturated rings. The minimum absolute atomic E-state index is 0.0326. The van der Waals surface area contributed by atoms with Gasteiger partial charge in [-0.15, -0.1) is 23.1 Å². The number of carbonyl (C=O) groups is 2. The quantitative estimate of drug-likeness (QED) is 0.588. The molecule has 2 aromatic carbocycles. The second kappa shape index (κ2) is 8.81. The first-order valence-corrected chi connectivity index (χ1v) is 11.0. The number of anilines is 1. The van der Waals surface area contributed by atoms with Crippen molar-refractivity contribution in [3.63, 3.8) is 0 Å². The van der Waals surface area contributed by atoms with Gasteiger partial charge in [0.25, 0.3) is 0 Å². The third-order valence-electron chi connectivity index (χ3n) is 4.58. The number of benzene rings is 2. The summed E-state index contributed by atoms with van der Waals surface area (Å²) in [5.41, 5.74) is 1.34. The predicted octanol–water partition coefficient (Wildman–Crippen LogP) is 3.86. The number of thiazole rings is 1. The first-order chi connectivity index (χ1) is 14.5. The molecule has 1 aliphatic rings. The lowest BCUT2D eigenvalue weighted by molar-refractivity contribution is -0.124. The molecule has 0 aliphatic carbocycles. The highest BCUT2D eigenvalue weighted by molar-refractivity contribution is 8.01. The van der Waals surface area contributed by atoms with Crippen LogP contribution in [0.25, 0.3) is 10.2 Å². The Labute approximate surface area is 180 Å². The average molecular weight is 441 g/mol. The molecular formula is C21H17FN4O2S2. The topological polar surface area (TPSA) is 86.1 Å². The van der Waals surface area contributed by atoms with E-state index in [2.05, 4.69) is 10.3 Å². The summed E-state index contributed by atoms with van der Waals surface area (Å²) in [6.07, 6.45) is 0.259. The van der Waals surface area contributed by atoms with Gasteiger partial charge in [0, 0.05) is 23.9 Å². The Morgan fingerprint density at radius 2 is 2.13 bits per heavy atom. The molecule has 0 saturated heterocycles. The van der Waals surface area contributed by atoms with E-state index in [1.54, 1.807) is 11.0 Å². The van der Waals surface area contributed by atoms with Crippen molar-refractivity contribution in [1.82, 2.24) is 10.3 Å². The van der Waals surface area contributed by atoms with Crippen molar-refractivity contribution in [3.8, 4) is 6.07 Å². The van der Waals surface area contributed by atoms with Crippen LogP contribution in [0.5, 0.6) is 0 Å². The van der Waals surface area contributed by atoms with Crippen molar-refractivity contribution in [1.29, 1.82) is 5.26 Å². The van der Waals surface area contributed by atoms with Crippen molar-refractivity contribution in [2.45, 2.75) is 29.5 Å². The number of nitrogens with one attached hydrogen (secondary N) is 1. The fraction of sp³-hybridized carbons (Fsp3) is 0.238. The molecule has 152 valence electrons. The van der Waals surface area contributed by atoms with Crippen LogP contribution < -0.4 is 10.2 Å². The van der Waals surface area contributed by atoms with E-state index in [-0.39, 0.29) is 43.6 Å². The molecular weight excluding hydrogens is 423 g/mol. The molecule has 0 bridgehead atoms. The number of hydrogen-bond acceptors (Lipinski definition) is 6. The van der Waals surface area contributed by atoms with E-state index in [0.717, 1.165) is 15.3 Å². The lowest BCUT2D eigenvalue weighted by Gasteiger charge is -2.33. The summed E-state index contributed by atoms with van der Waals surface area (Å²) in [5.74, 6) is -0.775. The highest BCUT2D eigenvalue weighted by Crippen LogP contribution is 2.41. The van der Waals surface area contributed by atoms with E-state index >= 15 is 0 Å². The highest BCUT2D eigenvalue weighted by Gasteiger charge is 2.35. The zero-order chi connectivity index (χ0) is 21.1. The zero-order valence-corrected chi connectivity index (χ0v) is 17.4. The second-order valence-electron chi connectivity index (χ2n) is 6.68. The SMILES string of the molecule is N#CCCNC(=O)CC1Sc2ccccc2N(Cc2nc3cc(F)ccc3s2)C1=O. The molecule has 30 heavy (non-hydrogen) atoms. The maximum Gasteiger partial charge on any atom is 0.241 e. The fourth-order valence-corrected chi connectivity index (χ4v) is 5.38. The molecule has 1 aliphatic heterocycles. The van der Waals surface area contributed by atoms with Crippen LogP contribution in [0.4, 0.5) is 10.1 Å². The van der Waals surface area contributed by atoms with Crippen LogP contribution in [0.1, 0.15) is 17.8 Å². The number of amides is 2. The molecule has 1 N–H and O–H groups in total. The molecule has 1 atom stereocenters. The Hall–Kier alpha value is -2.96. The van der Waals surface area contributed by atoms with E-state index < -0.39 is 5.25 Å². The molecule has 0 saturated carbocycles. The predicted molar refractivity (Wildman–Crippen MR) is 115 cm³/mol. The summed E-state index contributed by atoms with van der Waals surface area (Å²) in [5, 5.41) is 11.4. The number of nitriles is 1. The second-order valence-corrected chi connectivity index (χ2v) is 9.04. The monoisotopic (exact) mass is 440 g/mol. The van der Waals surface area contributed by atoms with Gasteiger partial charge in [0.15, 0.2) is 0 Å². The normalized spacial score (nSPS) is 15.7. The van der Waals surface area contributed by atoms with E-state index in [9.17, 15) is 14.0 Å². The number of hydrogen-bond donors (Lipinski definition) is 1. The van der Waals surface area contributed by atoms with Gasteiger partial charge in [0.1, 0.15) is 10.8 Å². The summed E-state index contributed by atoms with van der Waals surface area (Å²) in [7, 11) is 0. The van der Waals surface area contributed by atoms with Crippen molar-refractivity contribution >= 4 is 50.8 Å². The van der Waals surface area contributed by atoms with Gasteiger partial charge in [-0.2, -0.15) is 5.26 Å². The fourth-order valence-electron chi connectivity index (χ4n) is 3.22. The first-order valence-electron chi connectivity index (χ1n) is 9.31. The van der Waals surface area contributed by atoms with E-state index in [4.69, 9.17) is 5.26 Å². The van der Waals surface area contributed by atoms with Gasteiger partial charge >= 0.3 is 0 Å². The van der Waals surface area contributed by atoms with E-state index in [1.807, 2.05) is 30.3 Å². The number of aromatic nitrogens is 1. The summed E-state index contributed by atoms with van der Waals surface area (Å²) < 4.78 is 14.3. The maximum atomic E-state index is 13.5. The minimum atomic E-state index is -0.561. The van der Waals surface area contributed by atoms with E-state index in [0.29, 0.717) is 10.5 Å². The Morgan fingerprint density at radius 3 is 2.97 bits per heavy atom. The molecule has 1 aromatic heterocycles. The van der Waals surface area contributed by atoms with Gasteiger partial charge in [-0.1, -0.05) is 12.1 Å². The molecule has 9 heteroatoms. The van der Waals surface area contributed by atoms with Crippen LogP contribution in [0.15, 0.2) is 47.4 Å². The van der Waals surface area contributed by atoms with Crippen molar-refractivity contribution in [2.75, 3.05) is 11.4 Å². The van der Waals surface area contributed by atoms with Crippen LogP contribution >= 0.6 is 23.1 Å². The summed E-state index contributed by atoms with van der Waals surface area (Å²) in [6.45, 7) is 0.521. The molecule has 2 heterocycles. The first kappa shape index (κ1) is 20.3. The highest BCUT2D eigenvalue weighted by atomic mass is 32.2. The van der Waals surface area contributed by atoms with Crippen LogP contribution in [0, 0.1) is 17.1 Å². The number of carbonyl (C=O) groups excluding carboxylic acids is 2. The molecule has 2 amide bonds. The Kier molecular flexibility index (Phi) is 5.97. The Morgan fingerprint density at radius 1 is 1.30 bits per heavy atom. The van der Waals surface area contributed by atoms with Gasteiger partial charge in [-0.05, 0) is 24.3 Å². The van der Waals surface area contributed by atoms with Crippen molar-refractivity contribution < 1.29 is 14.0 Å². The molecule has 3 aromatic rings. The molecule has 6 nitrogen and oxygen atoms in total.